The third-order valence-electron chi connectivity index (χ3n) is 5.84. The molecule has 1 aromatic carbocycles. The van der Waals surface area contributed by atoms with Crippen LogP contribution in [0.2, 0.25) is 0 Å². The van der Waals surface area contributed by atoms with Gasteiger partial charge in [0.05, 0.1) is 5.69 Å². The van der Waals surface area contributed by atoms with E-state index in [-0.39, 0.29) is 11.4 Å². The SMILES string of the molecule is Cc1nc(CC2CCN(c3ccc(-c4cccs4)cc3)CC2)nc(C(=O)NCC(=O)O)c1O. The van der Waals surface area contributed by atoms with Gasteiger partial charge >= 0.3 is 5.97 Å². The van der Waals surface area contributed by atoms with E-state index in [1.807, 2.05) is 0 Å². The number of aromatic hydroxyl groups is 1. The molecule has 0 bridgehead atoms. The van der Waals surface area contributed by atoms with Gasteiger partial charge in [-0.05, 0) is 54.8 Å². The summed E-state index contributed by atoms with van der Waals surface area (Å²) in [7, 11) is 0. The summed E-state index contributed by atoms with van der Waals surface area (Å²) in [6.07, 6.45) is 2.54. The second-order valence-corrected chi connectivity index (χ2v) is 9.11. The van der Waals surface area contributed by atoms with Crippen LogP contribution in [0.15, 0.2) is 41.8 Å². The number of nitrogens with one attached hydrogen (secondary N) is 1. The van der Waals surface area contributed by atoms with E-state index < -0.39 is 18.4 Å². The van der Waals surface area contributed by atoms with Crippen molar-refractivity contribution in [1.29, 1.82) is 0 Å². The normalized spacial score (nSPS) is 14.3. The summed E-state index contributed by atoms with van der Waals surface area (Å²) in [5.41, 5.74) is 2.57. The minimum absolute atomic E-state index is 0.179. The largest absolute Gasteiger partial charge is 0.504 e. The van der Waals surface area contributed by atoms with Crippen LogP contribution < -0.4 is 10.2 Å². The van der Waals surface area contributed by atoms with Gasteiger partial charge in [0, 0.05) is 30.1 Å². The smallest absolute Gasteiger partial charge is 0.322 e. The Balaban J connectivity index is 1.37. The first-order valence-electron chi connectivity index (χ1n) is 10.9. The molecule has 0 unspecified atom stereocenters. The van der Waals surface area contributed by atoms with Crippen molar-refractivity contribution < 1.29 is 19.8 Å². The maximum atomic E-state index is 12.2. The molecule has 2 aromatic heterocycles. The van der Waals surface area contributed by atoms with Crippen molar-refractivity contribution in [1.82, 2.24) is 15.3 Å². The highest BCUT2D eigenvalue weighted by molar-refractivity contribution is 7.13. The molecule has 9 heteroatoms. The quantitative estimate of drug-likeness (QED) is 0.488. The molecule has 0 atom stereocenters. The Labute approximate surface area is 195 Å². The Morgan fingerprint density at radius 1 is 1.15 bits per heavy atom. The first-order valence-corrected chi connectivity index (χ1v) is 11.7. The van der Waals surface area contributed by atoms with Crippen LogP contribution in [0.3, 0.4) is 0 Å². The summed E-state index contributed by atoms with van der Waals surface area (Å²) in [5.74, 6) is -1.35. The number of nitrogens with zero attached hydrogens (tertiary/aromatic N) is 3. The summed E-state index contributed by atoms with van der Waals surface area (Å²) in [4.78, 5) is 35.2. The topological polar surface area (TPSA) is 116 Å². The van der Waals surface area contributed by atoms with E-state index >= 15 is 0 Å². The number of anilines is 1. The number of aliphatic carboxylic acids is 1. The minimum Gasteiger partial charge on any atom is -0.504 e. The van der Waals surface area contributed by atoms with Gasteiger partial charge in [0.25, 0.3) is 5.91 Å². The number of thiophene rings is 1. The maximum absolute atomic E-state index is 12.2. The summed E-state index contributed by atoms with van der Waals surface area (Å²) in [5, 5.41) is 23.2. The number of aromatic nitrogens is 2. The molecule has 0 aliphatic carbocycles. The molecule has 0 spiro atoms. The maximum Gasteiger partial charge on any atom is 0.322 e. The monoisotopic (exact) mass is 466 g/mol. The molecule has 1 amide bonds. The van der Waals surface area contributed by atoms with E-state index in [1.165, 1.54) is 16.1 Å². The number of carbonyl (C=O) groups is 2. The molecule has 8 nitrogen and oxygen atoms in total. The predicted molar refractivity (Wildman–Crippen MR) is 127 cm³/mol. The Kier molecular flexibility index (Phi) is 6.88. The molecule has 3 aromatic rings. The van der Waals surface area contributed by atoms with Gasteiger partial charge < -0.3 is 20.4 Å². The van der Waals surface area contributed by atoms with Gasteiger partial charge in [0.2, 0.25) is 0 Å². The number of hydrogen-bond acceptors (Lipinski definition) is 7. The first kappa shape index (κ1) is 22.7. The number of carboxylic acids is 1. The van der Waals surface area contributed by atoms with E-state index in [1.54, 1.807) is 18.3 Å². The van der Waals surface area contributed by atoms with Gasteiger partial charge in [0.15, 0.2) is 11.4 Å². The molecule has 33 heavy (non-hydrogen) atoms. The van der Waals surface area contributed by atoms with E-state index in [0.717, 1.165) is 25.9 Å². The molecule has 0 radical (unpaired) electrons. The van der Waals surface area contributed by atoms with E-state index in [4.69, 9.17) is 5.11 Å². The number of aryl methyl sites for hydroxylation is 1. The van der Waals surface area contributed by atoms with Crippen LogP contribution in [0.25, 0.3) is 10.4 Å². The van der Waals surface area contributed by atoms with Crippen LogP contribution in [0.4, 0.5) is 5.69 Å². The number of hydrogen-bond donors (Lipinski definition) is 3. The minimum atomic E-state index is -1.17. The molecular formula is C24H26N4O4S. The summed E-state index contributed by atoms with van der Waals surface area (Å²) < 4.78 is 0. The highest BCUT2D eigenvalue weighted by Gasteiger charge is 2.23. The van der Waals surface area contributed by atoms with Crippen LogP contribution in [0.1, 0.15) is 34.8 Å². The number of amides is 1. The van der Waals surface area contributed by atoms with Crippen LogP contribution in [0, 0.1) is 12.8 Å². The molecule has 1 aliphatic rings. The average Bonchev–Trinajstić information content (AvgIpc) is 3.35. The van der Waals surface area contributed by atoms with Gasteiger partial charge in [-0.1, -0.05) is 18.2 Å². The Bertz CT molecular complexity index is 1120. The Morgan fingerprint density at radius 2 is 1.88 bits per heavy atom. The van der Waals surface area contributed by atoms with Crippen LogP contribution in [0.5, 0.6) is 5.75 Å². The molecular weight excluding hydrogens is 440 g/mol. The zero-order chi connectivity index (χ0) is 23.4. The van der Waals surface area contributed by atoms with Crippen LogP contribution in [-0.2, 0) is 11.2 Å². The highest BCUT2D eigenvalue weighted by atomic mass is 32.1. The van der Waals surface area contributed by atoms with Crippen molar-refractivity contribution in [2.24, 2.45) is 5.92 Å². The molecule has 4 rings (SSSR count). The van der Waals surface area contributed by atoms with Crippen LogP contribution >= 0.6 is 11.3 Å². The van der Waals surface area contributed by atoms with E-state index in [2.05, 4.69) is 62.0 Å². The Morgan fingerprint density at radius 3 is 2.52 bits per heavy atom. The first-order chi connectivity index (χ1) is 15.9. The number of piperidine rings is 1. The molecule has 3 heterocycles. The van der Waals surface area contributed by atoms with Crippen molar-refractivity contribution in [2.45, 2.75) is 26.2 Å². The van der Waals surface area contributed by atoms with Gasteiger partial charge in [0.1, 0.15) is 12.4 Å². The zero-order valence-corrected chi connectivity index (χ0v) is 19.1. The lowest BCUT2D eigenvalue weighted by Crippen LogP contribution is -2.34. The van der Waals surface area contributed by atoms with E-state index in [0.29, 0.717) is 23.9 Å². The second-order valence-electron chi connectivity index (χ2n) is 8.16. The van der Waals surface area contributed by atoms with Crippen molar-refractivity contribution in [2.75, 3.05) is 24.5 Å². The summed E-state index contributed by atoms with van der Waals surface area (Å²) >= 11 is 1.73. The predicted octanol–water partition coefficient (Wildman–Crippen LogP) is 3.49. The fourth-order valence-corrected chi connectivity index (χ4v) is 4.78. The third kappa shape index (κ3) is 5.48. The molecule has 172 valence electrons. The lowest BCUT2D eigenvalue weighted by molar-refractivity contribution is -0.135. The molecule has 3 N–H and O–H groups in total. The molecule has 1 saturated heterocycles. The lowest BCUT2D eigenvalue weighted by Gasteiger charge is -2.33. The van der Waals surface area contributed by atoms with Gasteiger partial charge in [-0.3, -0.25) is 9.59 Å². The Hall–Kier alpha value is -3.46. The average molecular weight is 467 g/mol. The fourth-order valence-electron chi connectivity index (χ4n) is 4.05. The molecule has 1 fully saturated rings. The van der Waals surface area contributed by atoms with Crippen molar-refractivity contribution in [3.8, 4) is 16.2 Å². The zero-order valence-electron chi connectivity index (χ0n) is 18.3. The van der Waals surface area contributed by atoms with Crippen molar-refractivity contribution in [3.05, 3.63) is 59.0 Å². The number of benzene rings is 1. The van der Waals surface area contributed by atoms with Gasteiger partial charge in [-0.25, -0.2) is 9.97 Å². The van der Waals surface area contributed by atoms with Gasteiger partial charge in [-0.2, -0.15) is 0 Å². The highest BCUT2D eigenvalue weighted by Crippen LogP contribution is 2.30. The summed E-state index contributed by atoms with van der Waals surface area (Å²) in [6.45, 7) is 2.92. The third-order valence-corrected chi connectivity index (χ3v) is 6.76. The summed E-state index contributed by atoms with van der Waals surface area (Å²) in [6, 6.07) is 12.9. The second kappa shape index (κ2) is 9.99. The van der Waals surface area contributed by atoms with Gasteiger partial charge in [-0.15, -0.1) is 11.3 Å². The standard InChI is InChI=1S/C24H26N4O4S/c1-15-23(31)22(24(32)25-14-21(29)30)27-20(26-15)13-16-8-10-28(11-9-16)18-6-4-17(5-7-18)19-3-2-12-33-19/h2-7,12,16,31H,8-11,13-14H2,1H3,(H,25,32)(H,29,30). The number of carbonyl (C=O) groups excluding carboxylic acids is 1. The molecule has 1 aliphatic heterocycles. The van der Waals surface area contributed by atoms with Crippen molar-refractivity contribution in [3.63, 3.8) is 0 Å². The van der Waals surface area contributed by atoms with E-state index in [9.17, 15) is 14.7 Å². The van der Waals surface area contributed by atoms with Crippen molar-refractivity contribution >= 4 is 28.9 Å². The lowest BCUT2D eigenvalue weighted by atomic mass is 9.92. The molecule has 0 saturated carbocycles. The number of carboxylic acid groups (broad SMARTS) is 1. The number of rotatable bonds is 7. The fraction of sp³-hybridized carbons (Fsp3) is 0.333. The van der Waals surface area contributed by atoms with Crippen LogP contribution in [-0.4, -0.2) is 51.7 Å².